The van der Waals surface area contributed by atoms with E-state index in [1.807, 2.05) is 25.7 Å². The Morgan fingerprint density at radius 2 is 1.86 bits per heavy atom. The predicted molar refractivity (Wildman–Crippen MR) is 160 cm³/mol. The molecule has 1 amide bonds. The number of aliphatic imine (C=N–C) groups is 1. The number of nitrogens with one attached hydrogen (secondary N) is 1. The Bertz CT molecular complexity index is 1430. The third-order valence-corrected chi connectivity index (χ3v) is 6.94. The second-order valence-corrected chi connectivity index (χ2v) is 11.4. The van der Waals surface area contributed by atoms with Gasteiger partial charge in [-0.1, -0.05) is 24.4 Å². The van der Waals surface area contributed by atoms with Crippen molar-refractivity contribution >= 4 is 52.4 Å². The van der Waals surface area contributed by atoms with Gasteiger partial charge in [-0.25, -0.2) is 14.8 Å². The molecule has 1 aliphatic heterocycles. The molecule has 3 heterocycles. The average molecular weight is 601 g/mol. The van der Waals surface area contributed by atoms with E-state index in [1.54, 1.807) is 23.1 Å². The monoisotopic (exact) mass is 600 g/mol. The number of aromatic nitrogens is 3. The zero-order valence-corrected chi connectivity index (χ0v) is 24.9. The van der Waals surface area contributed by atoms with Crippen molar-refractivity contribution in [3.05, 3.63) is 35.1 Å². The normalized spacial score (nSPS) is 14.1. The van der Waals surface area contributed by atoms with Crippen molar-refractivity contribution in [2.75, 3.05) is 37.7 Å². The third-order valence-electron chi connectivity index (χ3n) is 6.62. The highest BCUT2D eigenvalue weighted by atomic mass is 35.5. The molecule has 0 unspecified atom stereocenters. The number of ether oxygens (including phenoxy) is 2. The van der Waals surface area contributed by atoms with Crippen LogP contribution in [0.4, 0.5) is 16.3 Å². The number of carbonyl (C=O) groups excluding carboxylic acids is 1. The highest BCUT2D eigenvalue weighted by Gasteiger charge is 2.28. The van der Waals surface area contributed by atoms with Crippen LogP contribution in [-0.4, -0.2) is 86.7 Å². The Labute approximate surface area is 249 Å². The lowest BCUT2D eigenvalue weighted by Gasteiger charge is -2.36. The molecule has 2 aromatic heterocycles. The molecular formula is C29H37ClN6O6. The number of benzene rings is 1. The smallest absolute Gasteiger partial charge is 0.410 e. The first-order valence-electron chi connectivity index (χ1n) is 14.0. The maximum absolute atomic E-state index is 12.5. The van der Waals surface area contributed by atoms with Crippen molar-refractivity contribution in [3.63, 3.8) is 0 Å². The van der Waals surface area contributed by atoms with Crippen molar-refractivity contribution in [1.29, 1.82) is 0 Å². The molecule has 1 aromatic carbocycles. The van der Waals surface area contributed by atoms with E-state index in [1.165, 1.54) is 12.5 Å². The number of carboxylic acids is 1. The summed E-state index contributed by atoms with van der Waals surface area (Å²) in [5, 5.41) is 20.5. The van der Waals surface area contributed by atoms with Gasteiger partial charge in [-0.2, -0.15) is 0 Å². The molecule has 3 aromatic rings. The van der Waals surface area contributed by atoms with Crippen LogP contribution in [0.2, 0.25) is 5.02 Å². The zero-order valence-electron chi connectivity index (χ0n) is 24.1. The molecule has 226 valence electrons. The van der Waals surface area contributed by atoms with Gasteiger partial charge in [-0.05, 0) is 45.7 Å². The largest absolute Gasteiger partial charge is 0.494 e. The maximum atomic E-state index is 12.5. The van der Waals surface area contributed by atoms with Crippen LogP contribution in [0.1, 0.15) is 58.4 Å². The van der Waals surface area contributed by atoms with Crippen LogP contribution in [0.3, 0.4) is 0 Å². The number of hydrogen-bond donors (Lipinski definition) is 3. The fourth-order valence-electron chi connectivity index (χ4n) is 4.55. The SMILES string of the molecule is CC(C)(C)OC(=O)N1CCN(c2ncnc3[nH]c(O)c(C=Nc4cc(OCCCCCCC(=O)O)ccc4Cl)c23)CC1. The van der Waals surface area contributed by atoms with Crippen LogP contribution in [0, 0.1) is 0 Å². The summed E-state index contributed by atoms with van der Waals surface area (Å²) in [7, 11) is 0. The molecule has 1 aliphatic rings. The lowest BCUT2D eigenvalue weighted by atomic mass is 10.1. The third kappa shape index (κ3) is 8.25. The van der Waals surface area contributed by atoms with E-state index in [2.05, 4.69) is 19.9 Å². The number of piperazine rings is 1. The van der Waals surface area contributed by atoms with Gasteiger partial charge in [-0.15, -0.1) is 0 Å². The van der Waals surface area contributed by atoms with E-state index in [9.17, 15) is 14.7 Å². The fourth-order valence-corrected chi connectivity index (χ4v) is 4.71. The van der Waals surface area contributed by atoms with Crippen LogP contribution in [0.25, 0.3) is 11.0 Å². The van der Waals surface area contributed by atoms with Crippen LogP contribution < -0.4 is 9.64 Å². The van der Waals surface area contributed by atoms with Gasteiger partial charge in [0.05, 0.1) is 28.3 Å². The quantitative estimate of drug-likeness (QED) is 0.190. The molecule has 1 fully saturated rings. The summed E-state index contributed by atoms with van der Waals surface area (Å²) in [6.45, 7) is 7.99. The highest BCUT2D eigenvalue weighted by Crippen LogP contribution is 2.34. The van der Waals surface area contributed by atoms with Gasteiger partial charge < -0.3 is 34.5 Å². The van der Waals surface area contributed by atoms with Crippen LogP contribution in [-0.2, 0) is 9.53 Å². The molecule has 0 radical (unpaired) electrons. The highest BCUT2D eigenvalue weighted by molar-refractivity contribution is 6.33. The molecule has 0 bridgehead atoms. The number of aromatic amines is 1. The van der Waals surface area contributed by atoms with E-state index in [0.29, 0.717) is 78.1 Å². The van der Waals surface area contributed by atoms with Gasteiger partial charge in [0, 0.05) is 44.9 Å². The van der Waals surface area contributed by atoms with Gasteiger partial charge in [0.1, 0.15) is 29.1 Å². The van der Waals surface area contributed by atoms with Crippen molar-refractivity contribution in [1.82, 2.24) is 19.9 Å². The summed E-state index contributed by atoms with van der Waals surface area (Å²) in [4.78, 5) is 43.0. The topological polar surface area (TPSA) is 153 Å². The minimum atomic E-state index is -0.775. The summed E-state index contributed by atoms with van der Waals surface area (Å²) in [6.07, 6.45) is 5.97. The number of H-pyrrole nitrogens is 1. The van der Waals surface area contributed by atoms with Crippen LogP contribution in [0.5, 0.6) is 11.6 Å². The number of aromatic hydroxyl groups is 1. The Balaban J connectivity index is 1.45. The lowest BCUT2D eigenvalue weighted by molar-refractivity contribution is -0.137. The second kappa shape index (κ2) is 13.7. The van der Waals surface area contributed by atoms with Gasteiger partial charge >= 0.3 is 12.1 Å². The number of fused-ring (bicyclic) bond motifs is 1. The van der Waals surface area contributed by atoms with E-state index < -0.39 is 11.6 Å². The number of halogens is 1. The number of anilines is 1. The van der Waals surface area contributed by atoms with Crippen LogP contribution in [0.15, 0.2) is 29.5 Å². The van der Waals surface area contributed by atoms with E-state index in [-0.39, 0.29) is 18.4 Å². The van der Waals surface area contributed by atoms with Gasteiger partial charge in [-0.3, -0.25) is 9.79 Å². The Kier molecular flexibility index (Phi) is 10.1. The molecular weight excluding hydrogens is 564 g/mol. The molecule has 42 heavy (non-hydrogen) atoms. The minimum Gasteiger partial charge on any atom is -0.494 e. The first-order chi connectivity index (χ1) is 20.0. The number of nitrogens with zero attached hydrogens (tertiary/aromatic N) is 5. The Morgan fingerprint density at radius 1 is 1.12 bits per heavy atom. The van der Waals surface area contributed by atoms with Gasteiger partial charge in [0.15, 0.2) is 5.88 Å². The molecule has 4 rings (SSSR count). The molecule has 1 saturated heterocycles. The number of hydrogen-bond acceptors (Lipinski definition) is 9. The second-order valence-electron chi connectivity index (χ2n) is 11.0. The van der Waals surface area contributed by atoms with E-state index in [4.69, 9.17) is 26.2 Å². The van der Waals surface area contributed by atoms with Gasteiger partial charge in [0.2, 0.25) is 0 Å². The molecule has 0 aliphatic carbocycles. The summed E-state index contributed by atoms with van der Waals surface area (Å²) in [5.41, 5.74) is 0.774. The maximum Gasteiger partial charge on any atom is 0.410 e. The molecule has 0 saturated carbocycles. The summed E-state index contributed by atoms with van der Waals surface area (Å²) in [6, 6.07) is 5.18. The van der Waals surface area contributed by atoms with Crippen molar-refractivity contribution in [2.24, 2.45) is 4.99 Å². The van der Waals surface area contributed by atoms with Crippen molar-refractivity contribution in [2.45, 2.75) is 58.5 Å². The zero-order chi connectivity index (χ0) is 30.3. The molecule has 3 N–H and O–H groups in total. The number of carboxylic acid groups (broad SMARTS) is 1. The predicted octanol–water partition coefficient (Wildman–Crippen LogP) is 5.54. The minimum absolute atomic E-state index is 0.102. The standard InChI is InChI=1S/C29H37ClN6O6/c1-29(2,3)42-28(40)36-13-11-35(12-14-36)26-24-20(27(39)34-25(24)32-18-33-26)17-31-22-16-19(9-10-21(22)30)41-15-7-5-4-6-8-23(37)38/h9-10,16-18,39H,4-8,11-15H2,1-3H3,(H,37,38)(H,32,33,34). The number of rotatable bonds is 11. The molecule has 12 nitrogen and oxygen atoms in total. The summed E-state index contributed by atoms with van der Waals surface area (Å²) in [5.74, 6) is 0.345. The fraction of sp³-hybridized carbons (Fsp3) is 0.483. The molecule has 0 spiro atoms. The number of amides is 1. The molecule has 13 heteroatoms. The Morgan fingerprint density at radius 3 is 2.57 bits per heavy atom. The first kappa shape index (κ1) is 30.9. The summed E-state index contributed by atoms with van der Waals surface area (Å²) < 4.78 is 11.3. The lowest BCUT2D eigenvalue weighted by Crippen LogP contribution is -2.50. The summed E-state index contributed by atoms with van der Waals surface area (Å²) >= 11 is 6.41. The van der Waals surface area contributed by atoms with E-state index in [0.717, 1.165) is 19.3 Å². The number of unbranched alkanes of at least 4 members (excludes halogenated alkanes) is 3. The number of aliphatic carboxylic acids is 1. The molecule has 0 atom stereocenters. The van der Waals surface area contributed by atoms with Crippen molar-refractivity contribution < 1.29 is 29.3 Å². The van der Waals surface area contributed by atoms with E-state index >= 15 is 0 Å². The first-order valence-corrected chi connectivity index (χ1v) is 14.4. The van der Waals surface area contributed by atoms with Crippen molar-refractivity contribution in [3.8, 4) is 11.6 Å². The Hall–Kier alpha value is -4.06. The van der Waals surface area contributed by atoms with Gasteiger partial charge in [0.25, 0.3) is 0 Å². The average Bonchev–Trinajstić information content (AvgIpc) is 3.26. The van der Waals surface area contributed by atoms with Crippen LogP contribution >= 0.6 is 11.6 Å². The number of carbonyl (C=O) groups is 2.